The van der Waals surface area contributed by atoms with Crippen molar-refractivity contribution >= 4 is 5.91 Å². The summed E-state index contributed by atoms with van der Waals surface area (Å²) in [6.45, 7) is 0. The van der Waals surface area contributed by atoms with Gasteiger partial charge in [-0.25, -0.2) is 0 Å². The molecule has 1 amide bonds. The Morgan fingerprint density at radius 2 is 1.56 bits per heavy atom. The van der Waals surface area contributed by atoms with Gasteiger partial charge in [-0.05, 0) is 32.1 Å². The van der Waals surface area contributed by atoms with E-state index in [1.54, 1.807) is 0 Å². The number of nitrogens with one attached hydrogen (secondary N) is 2. The van der Waals surface area contributed by atoms with E-state index in [2.05, 4.69) is 10.6 Å². The van der Waals surface area contributed by atoms with Gasteiger partial charge in [0.15, 0.2) is 0 Å². The highest BCUT2D eigenvalue weighted by Crippen LogP contribution is 2.25. The van der Waals surface area contributed by atoms with Crippen LogP contribution in [-0.2, 0) is 4.79 Å². The molecule has 3 nitrogen and oxygen atoms in total. The van der Waals surface area contributed by atoms with E-state index >= 15 is 0 Å². The first-order chi connectivity index (χ1) is 8.47. The number of carbonyl (C=O) groups is 1. The SMILES string of the molecule is O=C(N[C@@H]1CCC[C@@H]1NC1CCCC1)C(F)(F)F. The zero-order chi connectivity index (χ0) is 13.2. The first-order valence-corrected chi connectivity index (χ1v) is 6.60. The van der Waals surface area contributed by atoms with Crippen molar-refractivity contribution in [2.24, 2.45) is 0 Å². The largest absolute Gasteiger partial charge is 0.471 e. The first-order valence-electron chi connectivity index (χ1n) is 6.60. The van der Waals surface area contributed by atoms with Gasteiger partial charge in [0.2, 0.25) is 0 Å². The predicted octanol–water partition coefficient (Wildman–Crippen LogP) is 2.12. The summed E-state index contributed by atoms with van der Waals surface area (Å²) in [4.78, 5) is 10.9. The fraction of sp³-hybridized carbons (Fsp3) is 0.917. The minimum atomic E-state index is -4.78. The van der Waals surface area contributed by atoms with Crippen molar-refractivity contribution in [3.63, 3.8) is 0 Å². The predicted molar refractivity (Wildman–Crippen MR) is 61.0 cm³/mol. The highest BCUT2D eigenvalue weighted by molar-refractivity contribution is 5.82. The maximum atomic E-state index is 12.2. The molecular weight excluding hydrogens is 245 g/mol. The Bertz CT molecular complexity index is 300. The molecule has 2 rings (SSSR count). The quantitative estimate of drug-likeness (QED) is 0.819. The molecule has 104 valence electrons. The van der Waals surface area contributed by atoms with Gasteiger partial charge in [-0.3, -0.25) is 4.79 Å². The summed E-state index contributed by atoms with van der Waals surface area (Å²) in [7, 11) is 0. The molecule has 2 atom stereocenters. The van der Waals surface area contributed by atoms with Gasteiger partial charge >= 0.3 is 12.1 Å². The average Bonchev–Trinajstić information content (AvgIpc) is 2.90. The molecule has 2 aliphatic carbocycles. The fourth-order valence-electron chi connectivity index (χ4n) is 2.98. The number of rotatable bonds is 3. The van der Waals surface area contributed by atoms with Crippen molar-refractivity contribution < 1.29 is 18.0 Å². The van der Waals surface area contributed by atoms with Gasteiger partial charge in [0.25, 0.3) is 0 Å². The summed E-state index contributed by atoms with van der Waals surface area (Å²) < 4.78 is 36.6. The first kappa shape index (κ1) is 13.6. The average molecular weight is 264 g/mol. The fourth-order valence-corrected chi connectivity index (χ4v) is 2.98. The Hall–Kier alpha value is -0.780. The van der Waals surface area contributed by atoms with Gasteiger partial charge in [0.05, 0.1) is 0 Å². The van der Waals surface area contributed by atoms with Crippen LogP contribution in [0.25, 0.3) is 0 Å². The standard InChI is InChI=1S/C12H19F3N2O/c13-12(14,15)11(18)17-10-7-3-6-9(10)16-8-4-1-2-5-8/h8-10,16H,1-7H2,(H,17,18)/t9-,10+/m0/s1. The lowest BCUT2D eigenvalue weighted by Crippen LogP contribution is -2.52. The molecule has 6 heteroatoms. The van der Waals surface area contributed by atoms with E-state index in [9.17, 15) is 18.0 Å². The Morgan fingerprint density at radius 3 is 2.17 bits per heavy atom. The zero-order valence-electron chi connectivity index (χ0n) is 10.2. The van der Waals surface area contributed by atoms with Crippen LogP contribution in [-0.4, -0.2) is 30.2 Å². The highest BCUT2D eigenvalue weighted by atomic mass is 19.4. The number of hydrogen-bond acceptors (Lipinski definition) is 2. The molecule has 0 aromatic carbocycles. The maximum absolute atomic E-state index is 12.2. The molecule has 0 aromatic rings. The van der Waals surface area contributed by atoms with E-state index in [1.165, 1.54) is 12.8 Å². The summed E-state index contributed by atoms with van der Waals surface area (Å²) in [5.74, 6) is -1.81. The minimum absolute atomic E-state index is 0.000556. The normalized spacial score (nSPS) is 29.7. The second-order valence-corrected chi connectivity index (χ2v) is 5.26. The lowest BCUT2D eigenvalue weighted by molar-refractivity contribution is -0.174. The molecule has 2 aliphatic rings. The smallest absolute Gasteiger partial charge is 0.344 e. The van der Waals surface area contributed by atoms with Crippen molar-refractivity contribution in [1.29, 1.82) is 0 Å². The number of amides is 1. The van der Waals surface area contributed by atoms with E-state index in [0.29, 0.717) is 12.5 Å². The van der Waals surface area contributed by atoms with Gasteiger partial charge in [0.1, 0.15) is 0 Å². The molecule has 2 N–H and O–H groups in total. The topological polar surface area (TPSA) is 41.1 Å². The molecule has 0 heterocycles. The second kappa shape index (κ2) is 5.47. The number of carbonyl (C=O) groups excluding carboxylic acids is 1. The number of hydrogen-bond donors (Lipinski definition) is 2. The molecule has 0 unspecified atom stereocenters. The van der Waals surface area contributed by atoms with E-state index in [4.69, 9.17) is 0 Å². The molecule has 0 saturated heterocycles. The van der Waals surface area contributed by atoms with Crippen molar-refractivity contribution in [1.82, 2.24) is 10.6 Å². The van der Waals surface area contributed by atoms with Crippen LogP contribution in [0.3, 0.4) is 0 Å². The molecule has 2 fully saturated rings. The summed E-state index contributed by atoms with van der Waals surface area (Å²) in [6.07, 6.45) is 2.13. The summed E-state index contributed by atoms with van der Waals surface area (Å²) in [6, 6.07) is 0.0394. The maximum Gasteiger partial charge on any atom is 0.471 e. The lowest BCUT2D eigenvalue weighted by atomic mass is 10.1. The van der Waals surface area contributed by atoms with Crippen LogP contribution in [0.4, 0.5) is 13.2 Å². The Kier molecular flexibility index (Phi) is 4.14. The van der Waals surface area contributed by atoms with E-state index in [-0.39, 0.29) is 12.1 Å². The monoisotopic (exact) mass is 264 g/mol. The van der Waals surface area contributed by atoms with Crippen LogP contribution >= 0.6 is 0 Å². The number of alkyl halides is 3. The third-order valence-electron chi connectivity index (χ3n) is 3.89. The zero-order valence-corrected chi connectivity index (χ0v) is 10.2. The molecule has 2 saturated carbocycles. The van der Waals surface area contributed by atoms with Gasteiger partial charge in [0, 0.05) is 18.1 Å². The van der Waals surface area contributed by atoms with Gasteiger partial charge in [-0.15, -0.1) is 0 Å². The van der Waals surface area contributed by atoms with E-state index in [0.717, 1.165) is 25.7 Å². The van der Waals surface area contributed by atoms with Crippen molar-refractivity contribution in [2.45, 2.75) is 69.2 Å². The van der Waals surface area contributed by atoms with E-state index in [1.807, 2.05) is 0 Å². The highest BCUT2D eigenvalue weighted by Gasteiger charge is 2.42. The molecule has 18 heavy (non-hydrogen) atoms. The molecule has 0 aliphatic heterocycles. The molecular formula is C12H19F3N2O. The third kappa shape index (κ3) is 3.37. The minimum Gasteiger partial charge on any atom is -0.344 e. The molecule has 0 aromatic heterocycles. The van der Waals surface area contributed by atoms with Crippen molar-refractivity contribution in [3.05, 3.63) is 0 Å². The number of halogens is 3. The van der Waals surface area contributed by atoms with E-state index < -0.39 is 12.1 Å². The Balaban J connectivity index is 1.85. The van der Waals surface area contributed by atoms with Gasteiger partial charge in [-0.1, -0.05) is 12.8 Å². The summed E-state index contributed by atoms with van der Waals surface area (Å²) >= 11 is 0. The summed E-state index contributed by atoms with van der Waals surface area (Å²) in [5, 5.41) is 5.52. The molecule has 0 radical (unpaired) electrons. The van der Waals surface area contributed by atoms with Crippen LogP contribution in [0.5, 0.6) is 0 Å². The van der Waals surface area contributed by atoms with Crippen LogP contribution in [0.2, 0.25) is 0 Å². The Labute approximate surface area is 104 Å². The van der Waals surface area contributed by atoms with Crippen LogP contribution in [0, 0.1) is 0 Å². The third-order valence-corrected chi connectivity index (χ3v) is 3.89. The van der Waals surface area contributed by atoms with Crippen LogP contribution in [0.1, 0.15) is 44.9 Å². The molecule has 0 spiro atoms. The van der Waals surface area contributed by atoms with Crippen molar-refractivity contribution in [2.75, 3.05) is 0 Å². The van der Waals surface area contributed by atoms with Gasteiger partial charge in [-0.2, -0.15) is 13.2 Å². The summed E-state index contributed by atoms with van der Waals surface area (Å²) in [5.41, 5.74) is 0. The molecule has 0 bridgehead atoms. The second-order valence-electron chi connectivity index (χ2n) is 5.26. The lowest BCUT2D eigenvalue weighted by Gasteiger charge is -2.25. The Morgan fingerprint density at radius 1 is 0.944 bits per heavy atom. The van der Waals surface area contributed by atoms with Crippen LogP contribution < -0.4 is 10.6 Å². The van der Waals surface area contributed by atoms with Crippen molar-refractivity contribution in [3.8, 4) is 0 Å². The van der Waals surface area contributed by atoms with Gasteiger partial charge < -0.3 is 10.6 Å². The van der Waals surface area contributed by atoms with Crippen LogP contribution in [0.15, 0.2) is 0 Å².